The zero-order valence-electron chi connectivity index (χ0n) is 11.6. The second-order valence-corrected chi connectivity index (χ2v) is 5.86. The van der Waals surface area contributed by atoms with Crippen LogP contribution in [0.5, 0.6) is 0 Å². The van der Waals surface area contributed by atoms with Crippen molar-refractivity contribution in [1.82, 2.24) is 10.2 Å². The number of carboxylic acids is 1. The van der Waals surface area contributed by atoms with Crippen molar-refractivity contribution in [3.63, 3.8) is 0 Å². The van der Waals surface area contributed by atoms with Crippen molar-refractivity contribution in [3.8, 4) is 0 Å². The molecule has 2 aliphatic rings. The predicted molar refractivity (Wildman–Crippen MR) is 71.7 cm³/mol. The van der Waals surface area contributed by atoms with Crippen LogP contribution < -0.4 is 5.32 Å². The maximum Gasteiger partial charge on any atom is 0.303 e. The predicted octanol–water partition coefficient (Wildman–Crippen LogP) is 1.09. The van der Waals surface area contributed by atoms with E-state index in [1.165, 1.54) is 0 Å². The summed E-state index contributed by atoms with van der Waals surface area (Å²) in [6.45, 7) is 4.58. The van der Waals surface area contributed by atoms with E-state index >= 15 is 0 Å². The lowest BCUT2D eigenvalue weighted by atomic mass is 9.92. The number of nitrogens with one attached hydrogen (secondary N) is 1. The molecule has 3 unspecified atom stereocenters. The van der Waals surface area contributed by atoms with E-state index in [0.29, 0.717) is 12.3 Å². The Kier molecular flexibility index (Phi) is 4.80. The first-order chi connectivity index (χ1) is 9.09. The highest BCUT2D eigenvalue weighted by molar-refractivity contribution is 5.80. The Bertz CT molecular complexity index is 346. The van der Waals surface area contributed by atoms with E-state index in [1.807, 2.05) is 4.90 Å². The molecule has 108 valence electrons. The number of piperidine rings is 1. The van der Waals surface area contributed by atoms with E-state index in [1.54, 1.807) is 0 Å². The van der Waals surface area contributed by atoms with Gasteiger partial charge in [0, 0.05) is 25.6 Å². The third kappa shape index (κ3) is 3.47. The summed E-state index contributed by atoms with van der Waals surface area (Å²) in [5.74, 6) is -0.0820. The van der Waals surface area contributed by atoms with Crippen LogP contribution in [-0.4, -0.2) is 47.6 Å². The van der Waals surface area contributed by atoms with Crippen molar-refractivity contribution in [2.75, 3.05) is 19.6 Å². The second kappa shape index (κ2) is 6.37. The highest BCUT2D eigenvalue weighted by atomic mass is 16.4. The largest absolute Gasteiger partial charge is 0.481 e. The van der Waals surface area contributed by atoms with Gasteiger partial charge in [0.25, 0.3) is 0 Å². The highest BCUT2D eigenvalue weighted by Gasteiger charge is 2.36. The van der Waals surface area contributed by atoms with Crippen LogP contribution in [0.15, 0.2) is 0 Å². The van der Waals surface area contributed by atoms with Gasteiger partial charge in [-0.05, 0) is 38.1 Å². The zero-order valence-corrected chi connectivity index (χ0v) is 11.6. The number of hydrogen-bond acceptors (Lipinski definition) is 3. The van der Waals surface area contributed by atoms with Gasteiger partial charge in [-0.15, -0.1) is 0 Å². The number of rotatable bonds is 4. The summed E-state index contributed by atoms with van der Waals surface area (Å²) in [4.78, 5) is 25.3. The second-order valence-electron chi connectivity index (χ2n) is 5.86. The Morgan fingerprint density at radius 1 is 1.32 bits per heavy atom. The quantitative estimate of drug-likeness (QED) is 0.800. The summed E-state index contributed by atoms with van der Waals surface area (Å²) >= 11 is 0. The van der Waals surface area contributed by atoms with Crippen molar-refractivity contribution in [1.29, 1.82) is 0 Å². The standard InChI is InChI=1S/C14H24N2O3/c1-10-8-15-9-12(10)14(19)16-7-3-2-4-11(16)5-6-13(17)18/h10-12,15H,2-9H2,1H3,(H,17,18). The van der Waals surface area contributed by atoms with Crippen LogP contribution in [0.25, 0.3) is 0 Å². The van der Waals surface area contributed by atoms with E-state index in [2.05, 4.69) is 12.2 Å². The number of carbonyl (C=O) groups is 2. The SMILES string of the molecule is CC1CNCC1C(=O)N1CCCCC1CCC(=O)O. The molecule has 0 saturated carbocycles. The molecule has 0 aliphatic carbocycles. The van der Waals surface area contributed by atoms with Crippen LogP contribution in [0.1, 0.15) is 39.0 Å². The van der Waals surface area contributed by atoms with Gasteiger partial charge in [-0.3, -0.25) is 9.59 Å². The lowest BCUT2D eigenvalue weighted by Gasteiger charge is -2.37. The number of amides is 1. The molecule has 19 heavy (non-hydrogen) atoms. The Morgan fingerprint density at radius 2 is 2.11 bits per heavy atom. The van der Waals surface area contributed by atoms with Crippen LogP contribution in [0.3, 0.4) is 0 Å². The molecule has 1 amide bonds. The molecule has 2 saturated heterocycles. The fourth-order valence-corrected chi connectivity index (χ4v) is 3.23. The molecule has 2 aliphatic heterocycles. The number of hydrogen-bond donors (Lipinski definition) is 2. The summed E-state index contributed by atoms with van der Waals surface area (Å²) in [6, 6.07) is 0.130. The first-order valence-corrected chi connectivity index (χ1v) is 7.32. The normalized spacial score (nSPS) is 31.4. The van der Waals surface area contributed by atoms with Crippen molar-refractivity contribution in [2.24, 2.45) is 11.8 Å². The van der Waals surface area contributed by atoms with Crippen molar-refractivity contribution in [2.45, 2.75) is 45.1 Å². The van der Waals surface area contributed by atoms with E-state index in [0.717, 1.165) is 38.9 Å². The summed E-state index contributed by atoms with van der Waals surface area (Å²) < 4.78 is 0. The third-order valence-electron chi connectivity index (χ3n) is 4.44. The van der Waals surface area contributed by atoms with Crippen LogP contribution in [0.4, 0.5) is 0 Å². The number of carbonyl (C=O) groups excluding carboxylic acids is 1. The van der Waals surface area contributed by atoms with Gasteiger partial charge < -0.3 is 15.3 Å². The van der Waals surface area contributed by atoms with Gasteiger partial charge in [0.2, 0.25) is 5.91 Å². The Balaban J connectivity index is 1.97. The molecular weight excluding hydrogens is 244 g/mol. The van der Waals surface area contributed by atoms with Crippen LogP contribution in [-0.2, 0) is 9.59 Å². The first-order valence-electron chi connectivity index (χ1n) is 7.32. The molecule has 2 fully saturated rings. The fourth-order valence-electron chi connectivity index (χ4n) is 3.23. The Hall–Kier alpha value is -1.10. The Labute approximate surface area is 114 Å². The number of carboxylic acid groups (broad SMARTS) is 1. The minimum Gasteiger partial charge on any atom is -0.481 e. The van der Waals surface area contributed by atoms with Crippen molar-refractivity contribution in [3.05, 3.63) is 0 Å². The van der Waals surface area contributed by atoms with Crippen molar-refractivity contribution >= 4 is 11.9 Å². The molecule has 3 atom stereocenters. The third-order valence-corrected chi connectivity index (χ3v) is 4.44. The van der Waals surface area contributed by atoms with Crippen molar-refractivity contribution < 1.29 is 14.7 Å². The first kappa shape index (κ1) is 14.3. The molecule has 0 aromatic rings. The highest BCUT2D eigenvalue weighted by Crippen LogP contribution is 2.26. The molecule has 5 heteroatoms. The van der Waals surface area contributed by atoms with Gasteiger partial charge in [-0.25, -0.2) is 0 Å². The average molecular weight is 268 g/mol. The van der Waals surface area contributed by atoms with Crippen LogP contribution in [0, 0.1) is 11.8 Å². The summed E-state index contributed by atoms with van der Waals surface area (Å²) in [5, 5.41) is 12.1. The van der Waals surface area contributed by atoms with Gasteiger partial charge in [-0.2, -0.15) is 0 Å². The molecule has 2 heterocycles. The minimum absolute atomic E-state index is 0.0745. The van der Waals surface area contributed by atoms with Crippen LogP contribution >= 0.6 is 0 Å². The van der Waals surface area contributed by atoms with Gasteiger partial charge >= 0.3 is 5.97 Å². The number of likely N-dealkylation sites (tertiary alicyclic amines) is 1. The molecule has 0 radical (unpaired) electrons. The van der Waals surface area contributed by atoms with Gasteiger partial charge in [0.05, 0.1) is 5.92 Å². The topological polar surface area (TPSA) is 69.6 Å². The molecule has 5 nitrogen and oxygen atoms in total. The average Bonchev–Trinajstić information content (AvgIpc) is 2.82. The van der Waals surface area contributed by atoms with E-state index in [4.69, 9.17) is 5.11 Å². The van der Waals surface area contributed by atoms with Gasteiger partial charge in [-0.1, -0.05) is 6.92 Å². The Morgan fingerprint density at radius 3 is 2.74 bits per heavy atom. The molecular formula is C14H24N2O3. The summed E-state index contributed by atoms with van der Waals surface area (Å²) in [6.07, 6.45) is 3.85. The smallest absolute Gasteiger partial charge is 0.303 e. The summed E-state index contributed by atoms with van der Waals surface area (Å²) in [7, 11) is 0. The van der Waals surface area contributed by atoms with Crippen LogP contribution in [0.2, 0.25) is 0 Å². The number of nitrogens with zero attached hydrogens (tertiary/aromatic N) is 1. The lowest BCUT2D eigenvalue weighted by molar-refractivity contribution is -0.142. The van der Waals surface area contributed by atoms with Gasteiger partial charge in [0.15, 0.2) is 0 Å². The molecule has 0 spiro atoms. The molecule has 0 aromatic carbocycles. The maximum absolute atomic E-state index is 12.6. The minimum atomic E-state index is -0.770. The van der Waals surface area contributed by atoms with E-state index < -0.39 is 5.97 Å². The zero-order chi connectivity index (χ0) is 13.8. The monoisotopic (exact) mass is 268 g/mol. The van der Waals surface area contributed by atoms with E-state index in [-0.39, 0.29) is 24.3 Å². The van der Waals surface area contributed by atoms with E-state index in [9.17, 15) is 9.59 Å². The fraction of sp³-hybridized carbons (Fsp3) is 0.857. The molecule has 2 rings (SSSR count). The number of aliphatic carboxylic acids is 1. The molecule has 2 N–H and O–H groups in total. The van der Waals surface area contributed by atoms with Gasteiger partial charge in [0.1, 0.15) is 0 Å². The summed E-state index contributed by atoms with van der Waals surface area (Å²) in [5.41, 5.74) is 0. The maximum atomic E-state index is 12.6. The lowest BCUT2D eigenvalue weighted by Crippen LogP contribution is -2.48. The molecule has 0 bridgehead atoms. The molecule has 0 aromatic heterocycles.